The van der Waals surface area contributed by atoms with Gasteiger partial charge in [-0.25, -0.2) is 9.37 Å². The van der Waals surface area contributed by atoms with Gasteiger partial charge < -0.3 is 4.90 Å². The van der Waals surface area contributed by atoms with Gasteiger partial charge in [-0.15, -0.1) is 0 Å². The van der Waals surface area contributed by atoms with Gasteiger partial charge in [0.05, 0.1) is 28.4 Å². The Kier molecular flexibility index (Phi) is 8.42. The first-order valence-electron chi connectivity index (χ1n) is 12.6. The maximum absolute atomic E-state index is 14.4. The van der Waals surface area contributed by atoms with Crippen molar-refractivity contribution >= 4 is 23.2 Å². The summed E-state index contributed by atoms with van der Waals surface area (Å²) >= 11 is 6.14. The van der Waals surface area contributed by atoms with Gasteiger partial charge in [-0.05, 0) is 72.9 Å². The maximum atomic E-state index is 14.4. The largest absolute Gasteiger partial charge is 0.416 e. The van der Waals surface area contributed by atoms with Crippen molar-refractivity contribution in [2.24, 2.45) is 0 Å². The summed E-state index contributed by atoms with van der Waals surface area (Å²) in [5.41, 5.74) is -3.82. The average molecular weight is 609 g/mol. The van der Waals surface area contributed by atoms with E-state index in [0.717, 1.165) is 41.3 Å². The van der Waals surface area contributed by atoms with Crippen LogP contribution in [0.5, 0.6) is 0 Å². The molecule has 0 fully saturated rings. The van der Waals surface area contributed by atoms with Gasteiger partial charge in [0.25, 0.3) is 0 Å². The first kappa shape index (κ1) is 31.0. The van der Waals surface area contributed by atoms with Crippen LogP contribution in [0.15, 0.2) is 79.0 Å². The van der Waals surface area contributed by atoms with E-state index in [1.54, 1.807) is 6.92 Å². The fourth-order valence-corrected chi connectivity index (χ4v) is 5.30. The molecule has 0 aliphatic rings. The van der Waals surface area contributed by atoms with Crippen LogP contribution in [0.3, 0.4) is 0 Å². The van der Waals surface area contributed by atoms with Crippen LogP contribution >= 0.6 is 11.6 Å². The van der Waals surface area contributed by atoms with E-state index in [1.165, 1.54) is 56.6 Å². The SMILES string of the molecule is Cc1cc(F)ccc1-c1cc(Cl)ncc1N(C)C(=O)C(C)(Cc1ccccc1C(F)(F)F)c1ccccc1C(F)(F)F. The van der Waals surface area contributed by atoms with Crippen molar-refractivity contribution in [2.75, 3.05) is 11.9 Å². The zero-order valence-electron chi connectivity index (χ0n) is 22.5. The third kappa shape index (κ3) is 6.13. The van der Waals surface area contributed by atoms with Crippen molar-refractivity contribution in [3.8, 4) is 11.1 Å². The summed E-state index contributed by atoms with van der Waals surface area (Å²) in [6.07, 6.45) is -9.19. The topological polar surface area (TPSA) is 33.2 Å². The van der Waals surface area contributed by atoms with Crippen LogP contribution in [0, 0.1) is 12.7 Å². The second-order valence-corrected chi connectivity index (χ2v) is 10.4. The fraction of sp³-hybridized carbons (Fsp3) is 0.226. The first-order valence-corrected chi connectivity index (χ1v) is 12.9. The van der Waals surface area contributed by atoms with Crippen molar-refractivity contribution in [3.05, 3.63) is 118 Å². The molecule has 0 spiro atoms. The highest BCUT2D eigenvalue weighted by molar-refractivity contribution is 6.29. The molecule has 0 bridgehead atoms. The molecule has 42 heavy (non-hydrogen) atoms. The molecule has 220 valence electrons. The van der Waals surface area contributed by atoms with Gasteiger partial charge in [0.2, 0.25) is 5.91 Å². The molecule has 1 atom stereocenters. The fourth-order valence-electron chi connectivity index (χ4n) is 5.14. The van der Waals surface area contributed by atoms with E-state index in [4.69, 9.17) is 11.6 Å². The van der Waals surface area contributed by atoms with E-state index in [2.05, 4.69) is 4.98 Å². The van der Waals surface area contributed by atoms with E-state index in [-0.39, 0.29) is 16.4 Å². The van der Waals surface area contributed by atoms with Crippen LogP contribution in [-0.2, 0) is 29.0 Å². The minimum absolute atomic E-state index is 0.0302. The normalized spacial score (nSPS) is 13.5. The zero-order valence-corrected chi connectivity index (χ0v) is 23.3. The number of hydrogen-bond acceptors (Lipinski definition) is 2. The Hall–Kier alpha value is -3.92. The Morgan fingerprint density at radius 3 is 2.00 bits per heavy atom. The van der Waals surface area contributed by atoms with Gasteiger partial charge in [0.1, 0.15) is 11.0 Å². The number of halogens is 8. The Labute approximate surface area is 242 Å². The maximum Gasteiger partial charge on any atom is 0.416 e. The lowest BCUT2D eigenvalue weighted by Crippen LogP contribution is -2.46. The Balaban J connectivity index is 1.94. The highest BCUT2D eigenvalue weighted by Gasteiger charge is 2.46. The van der Waals surface area contributed by atoms with Gasteiger partial charge >= 0.3 is 12.4 Å². The van der Waals surface area contributed by atoms with Crippen LogP contribution in [0.25, 0.3) is 11.1 Å². The number of nitrogens with zero attached hydrogens (tertiary/aromatic N) is 2. The van der Waals surface area contributed by atoms with Gasteiger partial charge in [-0.3, -0.25) is 4.79 Å². The smallest absolute Gasteiger partial charge is 0.313 e. The molecular formula is C31H24ClF7N2O. The lowest BCUT2D eigenvalue weighted by Gasteiger charge is -2.36. The molecule has 3 nitrogen and oxygen atoms in total. The van der Waals surface area contributed by atoms with Gasteiger partial charge in [-0.1, -0.05) is 54.1 Å². The number of rotatable bonds is 6. The number of pyridine rings is 1. The summed E-state index contributed by atoms with van der Waals surface area (Å²) in [6, 6.07) is 14.1. The van der Waals surface area contributed by atoms with Gasteiger partial charge in [0.15, 0.2) is 0 Å². The van der Waals surface area contributed by atoms with Gasteiger partial charge in [-0.2, -0.15) is 26.3 Å². The molecule has 0 radical (unpaired) electrons. The quantitative estimate of drug-likeness (QED) is 0.162. The molecular weight excluding hydrogens is 585 g/mol. The number of likely N-dealkylation sites (N-methyl/N-ethyl adjacent to an activating group) is 1. The molecule has 1 unspecified atom stereocenters. The standard InChI is InChI=1S/C31H24ClF7N2O/c1-18-14-20(33)12-13-21(18)22-15-27(32)40-17-26(22)41(3)28(42)29(2,24-10-6-7-11-25(24)31(37,38)39)16-19-8-4-5-9-23(19)30(34,35)36/h4-15,17H,16H2,1-3H3. The molecule has 0 saturated heterocycles. The lowest BCUT2D eigenvalue weighted by molar-refractivity contribution is -0.140. The molecule has 0 aliphatic heterocycles. The van der Waals surface area contributed by atoms with Crippen LogP contribution in [0.1, 0.15) is 34.7 Å². The molecule has 11 heteroatoms. The van der Waals surface area contributed by atoms with E-state index >= 15 is 0 Å². The molecule has 4 rings (SSSR count). The summed E-state index contributed by atoms with van der Waals surface area (Å²) in [5, 5.41) is 0.0302. The molecule has 0 aliphatic carbocycles. The predicted octanol–water partition coefficient (Wildman–Crippen LogP) is 9.05. The number of aryl methyl sites for hydroxylation is 1. The highest BCUT2D eigenvalue weighted by atomic mass is 35.5. The molecule has 4 aromatic rings. The number of benzene rings is 3. The van der Waals surface area contributed by atoms with E-state index < -0.39 is 52.6 Å². The summed E-state index contributed by atoms with van der Waals surface area (Å²) in [4.78, 5) is 19.4. The number of aromatic nitrogens is 1. The lowest BCUT2D eigenvalue weighted by atomic mass is 9.73. The minimum atomic E-state index is -4.90. The van der Waals surface area contributed by atoms with Crippen molar-refractivity contribution in [2.45, 2.75) is 38.0 Å². The average Bonchev–Trinajstić information content (AvgIpc) is 2.91. The van der Waals surface area contributed by atoms with Crippen molar-refractivity contribution in [3.63, 3.8) is 0 Å². The van der Waals surface area contributed by atoms with E-state index in [1.807, 2.05) is 0 Å². The summed E-state index contributed by atoms with van der Waals surface area (Å²) in [5.74, 6) is -1.44. The summed E-state index contributed by atoms with van der Waals surface area (Å²) in [7, 11) is 1.29. The van der Waals surface area contributed by atoms with Crippen molar-refractivity contribution in [1.82, 2.24) is 4.98 Å². The van der Waals surface area contributed by atoms with Crippen LogP contribution in [-0.4, -0.2) is 17.9 Å². The highest BCUT2D eigenvalue weighted by Crippen LogP contribution is 2.44. The predicted molar refractivity (Wildman–Crippen MR) is 147 cm³/mol. The van der Waals surface area contributed by atoms with E-state index in [0.29, 0.717) is 16.7 Å². The van der Waals surface area contributed by atoms with Crippen LogP contribution in [0.2, 0.25) is 5.15 Å². The molecule has 1 heterocycles. The zero-order chi connectivity index (χ0) is 31.0. The van der Waals surface area contributed by atoms with E-state index in [9.17, 15) is 35.5 Å². The number of amides is 1. The molecule has 3 aromatic carbocycles. The summed E-state index contributed by atoms with van der Waals surface area (Å²) in [6.45, 7) is 2.81. The monoisotopic (exact) mass is 608 g/mol. The Bertz CT molecular complexity index is 1630. The second kappa shape index (κ2) is 11.4. The number of hydrogen-bond donors (Lipinski definition) is 0. The van der Waals surface area contributed by atoms with Crippen molar-refractivity contribution in [1.29, 1.82) is 0 Å². The Morgan fingerprint density at radius 1 is 0.833 bits per heavy atom. The number of anilines is 1. The van der Waals surface area contributed by atoms with Crippen LogP contribution < -0.4 is 4.90 Å². The number of carbonyl (C=O) groups excluding carboxylic acids is 1. The van der Waals surface area contributed by atoms with Gasteiger partial charge in [0, 0.05) is 12.6 Å². The molecule has 0 N–H and O–H groups in total. The third-order valence-corrected chi connectivity index (χ3v) is 7.37. The molecule has 0 saturated carbocycles. The number of alkyl halides is 6. The third-order valence-electron chi connectivity index (χ3n) is 7.16. The molecule has 1 amide bonds. The first-order chi connectivity index (χ1) is 19.5. The van der Waals surface area contributed by atoms with Crippen LogP contribution in [0.4, 0.5) is 36.4 Å². The molecule has 1 aromatic heterocycles. The second-order valence-electron chi connectivity index (χ2n) is 10.1. The minimum Gasteiger partial charge on any atom is -0.313 e. The Morgan fingerprint density at radius 2 is 1.40 bits per heavy atom. The summed E-state index contributed by atoms with van der Waals surface area (Å²) < 4.78 is 98.3. The number of carbonyl (C=O) groups is 1. The van der Waals surface area contributed by atoms with Crippen molar-refractivity contribution < 1.29 is 35.5 Å².